The van der Waals surface area contributed by atoms with Gasteiger partial charge in [0.15, 0.2) is 11.6 Å². The second-order valence-electron chi connectivity index (χ2n) is 5.66. The van der Waals surface area contributed by atoms with Crippen molar-refractivity contribution in [2.45, 2.75) is 26.3 Å². The number of amides is 1. The van der Waals surface area contributed by atoms with Gasteiger partial charge in [0.25, 0.3) is 0 Å². The number of unbranched alkanes of at least 4 members (excludes halogenated alkanes) is 1. The molecule has 120 valence electrons. The molecule has 0 saturated carbocycles. The molecule has 0 aliphatic rings. The predicted molar refractivity (Wildman–Crippen MR) is 90.0 cm³/mol. The summed E-state index contributed by atoms with van der Waals surface area (Å²) in [4.78, 5) is 18.9. The van der Waals surface area contributed by atoms with Gasteiger partial charge in [-0.05, 0) is 30.7 Å². The molecule has 0 N–H and O–H groups in total. The van der Waals surface area contributed by atoms with E-state index in [9.17, 15) is 4.79 Å². The molecule has 0 aliphatic heterocycles. The SMILES string of the molecule is CCCCN(C)C(=O)Cn1c(-c2ccco2)nc2ccccc21. The number of likely N-dealkylation sites (N-methyl/N-ethyl adjacent to an activating group) is 1. The van der Waals surface area contributed by atoms with Gasteiger partial charge in [-0.15, -0.1) is 0 Å². The predicted octanol–water partition coefficient (Wildman–Crippen LogP) is 3.55. The fourth-order valence-corrected chi connectivity index (χ4v) is 2.61. The highest BCUT2D eigenvalue weighted by atomic mass is 16.3. The minimum atomic E-state index is 0.0782. The van der Waals surface area contributed by atoms with Crippen LogP contribution in [0.15, 0.2) is 47.1 Å². The van der Waals surface area contributed by atoms with Crippen LogP contribution < -0.4 is 0 Å². The third kappa shape index (κ3) is 3.13. The fraction of sp³-hybridized carbons (Fsp3) is 0.333. The number of nitrogens with zero attached hydrogens (tertiary/aromatic N) is 3. The normalized spacial score (nSPS) is 11.0. The van der Waals surface area contributed by atoms with Crippen molar-refractivity contribution in [1.29, 1.82) is 0 Å². The number of furan rings is 1. The molecule has 0 saturated heterocycles. The van der Waals surface area contributed by atoms with Crippen LogP contribution in [0.1, 0.15) is 19.8 Å². The van der Waals surface area contributed by atoms with Gasteiger partial charge in [0, 0.05) is 13.6 Å². The summed E-state index contributed by atoms with van der Waals surface area (Å²) in [5, 5.41) is 0. The van der Waals surface area contributed by atoms with Gasteiger partial charge in [-0.25, -0.2) is 4.98 Å². The number of imidazole rings is 1. The van der Waals surface area contributed by atoms with Crippen molar-refractivity contribution in [3.8, 4) is 11.6 Å². The van der Waals surface area contributed by atoms with Gasteiger partial charge in [-0.3, -0.25) is 4.79 Å². The molecular weight excluding hydrogens is 290 g/mol. The Morgan fingerprint density at radius 2 is 2.09 bits per heavy atom. The third-order valence-electron chi connectivity index (χ3n) is 3.96. The Labute approximate surface area is 135 Å². The van der Waals surface area contributed by atoms with Crippen LogP contribution in [-0.2, 0) is 11.3 Å². The van der Waals surface area contributed by atoms with E-state index in [0.717, 1.165) is 30.4 Å². The van der Waals surface area contributed by atoms with Crippen LogP contribution in [0.5, 0.6) is 0 Å². The zero-order valence-electron chi connectivity index (χ0n) is 13.5. The van der Waals surface area contributed by atoms with E-state index in [4.69, 9.17) is 4.42 Å². The molecule has 0 spiro atoms. The highest BCUT2D eigenvalue weighted by Crippen LogP contribution is 2.25. The molecule has 1 aromatic carbocycles. The monoisotopic (exact) mass is 311 g/mol. The lowest BCUT2D eigenvalue weighted by molar-refractivity contribution is -0.130. The average Bonchev–Trinajstić information content (AvgIpc) is 3.20. The van der Waals surface area contributed by atoms with Crippen LogP contribution in [0, 0.1) is 0 Å². The van der Waals surface area contributed by atoms with Gasteiger partial charge in [0.1, 0.15) is 6.54 Å². The molecule has 0 radical (unpaired) electrons. The van der Waals surface area contributed by atoms with Gasteiger partial charge in [-0.1, -0.05) is 25.5 Å². The zero-order valence-corrected chi connectivity index (χ0v) is 13.5. The van der Waals surface area contributed by atoms with Gasteiger partial charge >= 0.3 is 0 Å². The molecule has 0 aliphatic carbocycles. The molecule has 2 aromatic heterocycles. The van der Waals surface area contributed by atoms with Gasteiger partial charge in [0.2, 0.25) is 5.91 Å². The fourth-order valence-electron chi connectivity index (χ4n) is 2.61. The second kappa shape index (κ2) is 6.69. The maximum absolute atomic E-state index is 12.5. The first-order valence-electron chi connectivity index (χ1n) is 7.94. The number of carbonyl (C=O) groups is 1. The molecule has 5 nitrogen and oxygen atoms in total. The molecule has 0 bridgehead atoms. The largest absolute Gasteiger partial charge is 0.461 e. The Morgan fingerprint density at radius 1 is 1.26 bits per heavy atom. The number of para-hydroxylation sites is 2. The third-order valence-corrected chi connectivity index (χ3v) is 3.96. The van der Waals surface area contributed by atoms with E-state index >= 15 is 0 Å². The van der Waals surface area contributed by atoms with E-state index in [-0.39, 0.29) is 12.5 Å². The van der Waals surface area contributed by atoms with Gasteiger partial charge < -0.3 is 13.9 Å². The molecule has 2 heterocycles. The molecule has 3 aromatic rings. The summed E-state index contributed by atoms with van der Waals surface area (Å²) in [6.07, 6.45) is 3.70. The van der Waals surface area contributed by atoms with E-state index in [0.29, 0.717) is 11.6 Å². The number of benzene rings is 1. The molecule has 23 heavy (non-hydrogen) atoms. The highest BCUT2D eigenvalue weighted by molar-refractivity contribution is 5.83. The van der Waals surface area contributed by atoms with Gasteiger partial charge in [-0.2, -0.15) is 0 Å². The number of carbonyl (C=O) groups excluding carboxylic acids is 1. The lowest BCUT2D eigenvalue weighted by atomic mass is 10.3. The molecule has 0 atom stereocenters. The number of fused-ring (bicyclic) bond motifs is 1. The lowest BCUT2D eigenvalue weighted by Gasteiger charge is -2.18. The minimum absolute atomic E-state index is 0.0782. The van der Waals surface area contributed by atoms with E-state index in [1.54, 1.807) is 11.2 Å². The van der Waals surface area contributed by atoms with E-state index < -0.39 is 0 Å². The Hall–Kier alpha value is -2.56. The molecule has 3 rings (SSSR count). The van der Waals surface area contributed by atoms with E-state index in [1.165, 1.54) is 0 Å². The summed E-state index contributed by atoms with van der Waals surface area (Å²) in [6, 6.07) is 11.5. The quantitative estimate of drug-likeness (QED) is 0.699. The second-order valence-corrected chi connectivity index (χ2v) is 5.66. The Kier molecular flexibility index (Phi) is 4.46. The number of hydrogen-bond acceptors (Lipinski definition) is 3. The van der Waals surface area contributed by atoms with Crippen molar-refractivity contribution in [3.63, 3.8) is 0 Å². The maximum atomic E-state index is 12.5. The number of aromatic nitrogens is 2. The molecule has 0 unspecified atom stereocenters. The van der Waals surface area contributed by atoms with Crippen molar-refractivity contribution in [2.24, 2.45) is 0 Å². The zero-order chi connectivity index (χ0) is 16.2. The minimum Gasteiger partial charge on any atom is -0.461 e. The first-order chi connectivity index (χ1) is 11.2. The number of hydrogen-bond donors (Lipinski definition) is 0. The number of rotatable bonds is 6. The molecule has 0 fully saturated rings. The summed E-state index contributed by atoms with van der Waals surface area (Å²) in [5.74, 6) is 1.44. The van der Waals surface area contributed by atoms with Crippen LogP contribution in [0.25, 0.3) is 22.6 Å². The van der Waals surface area contributed by atoms with Crippen LogP contribution >= 0.6 is 0 Å². The van der Waals surface area contributed by atoms with Crippen LogP contribution in [-0.4, -0.2) is 34.0 Å². The summed E-state index contributed by atoms with van der Waals surface area (Å²) in [5.41, 5.74) is 1.80. The van der Waals surface area contributed by atoms with Crippen LogP contribution in [0.2, 0.25) is 0 Å². The average molecular weight is 311 g/mol. The van der Waals surface area contributed by atoms with Crippen molar-refractivity contribution in [3.05, 3.63) is 42.7 Å². The Morgan fingerprint density at radius 3 is 2.83 bits per heavy atom. The van der Waals surface area contributed by atoms with Crippen molar-refractivity contribution in [1.82, 2.24) is 14.5 Å². The van der Waals surface area contributed by atoms with E-state index in [1.807, 2.05) is 48.0 Å². The Balaban J connectivity index is 1.95. The summed E-state index contributed by atoms with van der Waals surface area (Å²) in [7, 11) is 1.85. The van der Waals surface area contributed by atoms with Gasteiger partial charge in [0.05, 0.1) is 17.3 Å². The topological polar surface area (TPSA) is 51.3 Å². The standard InChI is InChI=1S/C18H21N3O2/c1-3-4-11-20(2)17(22)13-21-15-9-6-5-8-14(15)19-18(21)16-10-7-12-23-16/h5-10,12H,3-4,11,13H2,1-2H3. The first-order valence-corrected chi connectivity index (χ1v) is 7.94. The van der Waals surface area contributed by atoms with Crippen LogP contribution in [0.4, 0.5) is 0 Å². The van der Waals surface area contributed by atoms with Crippen molar-refractivity contribution >= 4 is 16.9 Å². The van der Waals surface area contributed by atoms with E-state index in [2.05, 4.69) is 11.9 Å². The molecule has 5 heteroatoms. The highest BCUT2D eigenvalue weighted by Gasteiger charge is 2.18. The smallest absolute Gasteiger partial charge is 0.242 e. The summed E-state index contributed by atoms with van der Waals surface area (Å²) in [6.45, 7) is 3.16. The maximum Gasteiger partial charge on any atom is 0.242 e. The van der Waals surface area contributed by atoms with Crippen molar-refractivity contribution < 1.29 is 9.21 Å². The summed E-state index contributed by atoms with van der Waals surface area (Å²) < 4.78 is 7.42. The molecular formula is C18H21N3O2. The molecule has 1 amide bonds. The first kappa shape index (κ1) is 15.3. The van der Waals surface area contributed by atoms with Crippen LogP contribution in [0.3, 0.4) is 0 Å². The lowest BCUT2D eigenvalue weighted by Crippen LogP contribution is -2.31. The summed E-state index contributed by atoms with van der Waals surface area (Å²) >= 11 is 0. The Bertz CT molecular complexity index is 790. The van der Waals surface area contributed by atoms with Crippen molar-refractivity contribution in [2.75, 3.05) is 13.6 Å².